The van der Waals surface area contributed by atoms with Crippen LogP contribution in [0.15, 0.2) is 12.1 Å². The minimum absolute atomic E-state index is 0.0498. The van der Waals surface area contributed by atoms with Crippen molar-refractivity contribution in [2.75, 3.05) is 5.33 Å². The smallest absolute Gasteiger partial charge is 0.173 e. The normalized spacial score (nSPS) is 11.2. The zero-order chi connectivity index (χ0) is 13.2. The quantitative estimate of drug-likeness (QED) is 0.667. The molecule has 2 nitrogen and oxygen atoms in total. The van der Waals surface area contributed by atoms with E-state index in [1.165, 1.54) is 0 Å². The van der Waals surface area contributed by atoms with Crippen molar-refractivity contribution < 1.29 is 9.90 Å². The predicted octanol–water partition coefficient (Wildman–Crippen LogP) is 4.22. The van der Waals surface area contributed by atoms with Gasteiger partial charge in [0.25, 0.3) is 0 Å². The van der Waals surface area contributed by atoms with Gasteiger partial charge in [0, 0.05) is 5.56 Å². The number of halogens is 1. The highest BCUT2D eigenvalue weighted by molar-refractivity contribution is 9.09. The Kier molecular flexibility index (Phi) is 4.75. The molecule has 0 bridgehead atoms. The third-order valence-corrected chi connectivity index (χ3v) is 3.37. The van der Waals surface area contributed by atoms with Crippen LogP contribution in [0, 0.1) is 0 Å². The molecule has 3 heteroatoms. The zero-order valence-electron chi connectivity index (χ0n) is 10.7. The Balaban J connectivity index is 3.42. The molecule has 94 valence electrons. The van der Waals surface area contributed by atoms with E-state index in [1.54, 1.807) is 12.1 Å². The van der Waals surface area contributed by atoms with Gasteiger partial charge in [-0.05, 0) is 35.1 Å². The van der Waals surface area contributed by atoms with Crippen LogP contribution in [0.4, 0.5) is 0 Å². The lowest BCUT2D eigenvalue weighted by Gasteiger charge is -2.16. The minimum atomic E-state index is 0.0498. The van der Waals surface area contributed by atoms with Crippen LogP contribution in [-0.4, -0.2) is 16.2 Å². The molecule has 0 atom stereocenters. The zero-order valence-corrected chi connectivity index (χ0v) is 12.3. The van der Waals surface area contributed by atoms with Crippen molar-refractivity contribution in [1.82, 2.24) is 0 Å². The molecule has 17 heavy (non-hydrogen) atoms. The van der Waals surface area contributed by atoms with Crippen molar-refractivity contribution in [3.8, 4) is 5.75 Å². The Hall–Kier alpha value is -0.830. The molecule has 0 spiro atoms. The topological polar surface area (TPSA) is 37.3 Å². The molecule has 1 aromatic rings. The van der Waals surface area contributed by atoms with Gasteiger partial charge in [-0.15, -0.1) is 0 Å². The maximum atomic E-state index is 11.7. The molecule has 0 aliphatic heterocycles. The monoisotopic (exact) mass is 298 g/mol. The number of hydrogen-bond acceptors (Lipinski definition) is 2. The van der Waals surface area contributed by atoms with Gasteiger partial charge in [-0.3, -0.25) is 4.79 Å². The second-order valence-electron chi connectivity index (χ2n) is 4.87. The predicted molar refractivity (Wildman–Crippen MR) is 74.4 cm³/mol. The highest BCUT2D eigenvalue weighted by atomic mass is 79.9. The van der Waals surface area contributed by atoms with E-state index >= 15 is 0 Å². The summed E-state index contributed by atoms with van der Waals surface area (Å²) < 4.78 is 0. The van der Waals surface area contributed by atoms with Crippen molar-refractivity contribution in [3.63, 3.8) is 0 Å². The second-order valence-corrected chi connectivity index (χ2v) is 5.43. The minimum Gasteiger partial charge on any atom is -0.507 e. The Labute approximate surface area is 111 Å². The molecule has 0 aliphatic rings. The fourth-order valence-corrected chi connectivity index (χ4v) is 2.12. The molecule has 0 saturated heterocycles. The van der Waals surface area contributed by atoms with E-state index in [4.69, 9.17) is 0 Å². The van der Waals surface area contributed by atoms with Gasteiger partial charge in [0.15, 0.2) is 5.78 Å². The number of rotatable bonds is 4. The number of phenols is 1. The number of carbonyl (C=O) groups is 1. The van der Waals surface area contributed by atoms with Gasteiger partial charge in [-0.1, -0.05) is 43.6 Å². The number of carbonyl (C=O) groups excluding carboxylic acids is 1. The fraction of sp³-hybridized carbons (Fsp3) is 0.500. The van der Waals surface area contributed by atoms with Crippen molar-refractivity contribution in [2.45, 2.75) is 39.5 Å². The Morgan fingerprint density at radius 1 is 1.18 bits per heavy atom. The molecule has 0 amide bonds. The molecule has 0 aliphatic carbocycles. The van der Waals surface area contributed by atoms with E-state index in [-0.39, 0.29) is 17.6 Å². The average molecular weight is 299 g/mol. The third kappa shape index (κ3) is 3.09. The Bertz CT molecular complexity index is 393. The molecule has 0 aromatic heterocycles. The highest BCUT2D eigenvalue weighted by Gasteiger charge is 2.17. The van der Waals surface area contributed by atoms with Crippen molar-refractivity contribution >= 4 is 21.7 Å². The van der Waals surface area contributed by atoms with E-state index in [0.717, 1.165) is 11.1 Å². The molecule has 0 radical (unpaired) electrons. The van der Waals surface area contributed by atoms with E-state index in [2.05, 4.69) is 15.9 Å². The summed E-state index contributed by atoms with van der Waals surface area (Å²) in [4.78, 5) is 11.7. The van der Waals surface area contributed by atoms with Gasteiger partial charge >= 0.3 is 0 Å². The van der Waals surface area contributed by atoms with Crippen LogP contribution in [0.1, 0.15) is 61.0 Å². The molecular weight excluding hydrogens is 280 g/mol. The summed E-state index contributed by atoms with van der Waals surface area (Å²) in [5, 5.41) is 10.5. The number of Topliss-reactive ketones (excluding diaryl/α,β-unsaturated/α-hetero) is 1. The molecule has 1 aromatic carbocycles. The summed E-state index contributed by atoms with van der Waals surface area (Å²) >= 11 is 3.18. The van der Waals surface area contributed by atoms with Crippen LogP contribution in [0.2, 0.25) is 0 Å². The first kappa shape index (κ1) is 14.2. The fourth-order valence-electron chi connectivity index (χ4n) is 1.80. The molecule has 1 N–H and O–H groups in total. The van der Waals surface area contributed by atoms with Gasteiger partial charge in [0.05, 0.1) is 5.33 Å². The first-order valence-electron chi connectivity index (χ1n) is 5.84. The van der Waals surface area contributed by atoms with Gasteiger partial charge in [0.1, 0.15) is 5.75 Å². The van der Waals surface area contributed by atoms with Crippen LogP contribution >= 0.6 is 15.9 Å². The summed E-state index contributed by atoms with van der Waals surface area (Å²) in [6, 6.07) is 3.60. The number of hydrogen-bond donors (Lipinski definition) is 1. The van der Waals surface area contributed by atoms with Crippen LogP contribution < -0.4 is 0 Å². The first-order valence-corrected chi connectivity index (χ1v) is 6.96. The van der Waals surface area contributed by atoms with Crippen LogP contribution in [0.25, 0.3) is 0 Å². The molecule has 0 unspecified atom stereocenters. The number of aromatic hydroxyl groups is 1. The van der Waals surface area contributed by atoms with Crippen molar-refractivity contribution in [3.05, 3.63) is 28.8 Å². The van der Waals surface area contributed by atoms with E-state index in [0.29, 0.717) is 16.6 Å². The van der Waals surface area contributed by atoms with Gasteiger partial charge in [-0.25, -0.2) is 0 Å². The molecule has 0 fully saturated rings. The summed E-state index contributed by atoms with van der Waals surface area (Å²) in [5.74, 6) is 0.793. The number of ketones is 1. The molecule has 0 heterocycles. The average Bonchev–Trinajstić information content (AvgIpc) is 2.27. The number of benzene rings is 1. The maximum Gasteiger partial charge on any atom is 0.173 e. The SMILES string of the molecule is CC(C)c1cc(C(=O)CBr)cc(C(C)C)c1O. The largest absolute Gasteiger partial charge is 0.507 e. The summed E-state index contributed by atoms with van der Waals surface area (Å²) in [6.07, 6.45) is 0. The summed E-state index contributed by atoms with van der Waals surface area (Å²) in [7, 11) is 0. The lowest BCUT2D eigenvalue weighted by atomic mass is 9.91. The van der Waals surface area contributed by atoms with Gasteiger partial charge in [0.2, 0.25) is 0 Å². The van der Waals surface area contributed by atoms with E-state index in [1.807, 2.05) is 27.7 Å². The molecule has 1 rings (SSSR count). The first-order chi connectivity index (χ1) is 7.88. The second kappa shape index (κ2) is 5.67. The van der Waals surface area contributed by atoms with Crippen molar-refractivity contribution in [2.24, 2.45) is 0 Å². The van der Waals surface area contributed by atoms with Crippen LogP contribution in [0.5, 0.6) is 5.75 Å². The lowest BCUT2D eigenvalue weighted by molar-refractivity contribution is 0.102. The van der Waals surface area contributed by atoms with Gasteiger partial charge in [-0.2, -0.15) is 0 Å². The summed E-state index contributed by atoms with van der Waals surface area (Å²) in [6.45, 7) is 8.06. The van der Waals surface area contributed by atoms with Crippen LogP contribution in [-0.2, 0) is 0 Å². The Morgan fingerprint density at radius 2 is 1.59 bits per heavy atom. The summed E-state index contributed by atoms with van der Waals surface area (Å²) in [5.41, 5.74) is 2.37. The van der Waals surface area contributed by atoms with E-state index in [9.17, 15) is 9.90 Å². The Morgan fingerprint density at radius 3 is 1.88 bits per heavy atom. The highest BCUT2D eigenvalue weighted by Crippen LogP contribution is 2.34. The third-order valence-electron chi connectivity index (χ3n) is 2.86. The van der Waals surface area contributed by atoms with Gasteiger partial charge < -0.3 is 5.11 Å². The number of phenolic OH excluding ortho intramolecular Hbond substituents is 1. The lowest BCUT2D eigenvalue weighted by Crippen LogP contribution is -2.05. The standard InChI is InChI=1S/C14H19BrO2/c1-8(2)11-5-10(13(16)7-15)6-12(9(3)4)14(11)17/h5-6,8-9,17H,7H2,1-4H3. The molecular formula is C14H19BrO2. The van der Waals surface area contributed by atoms with Crippen molar-refractivity contribution in [1.29, 1.82) is 0 Å². The maximum absolute atomic E-state index is 11.7. The molecule has 0 saturated carbocycles. The number of alkyl halides is 1. The van der Waals surface area contributed by atoms with Crippen LogP contribution in [0.3, 0.4) is 0 Å². The van der Waals surface area contributed by atoms with E-state index < -0.39 is 0 Å².